The maximum absolute atomic E-state index is 13.3. The second kappa shape index (κ2) is 19.8. The van der Waals surface area contributed by atoms with E-state index in [9.17, 15) is 39.3 Å². The molecule has 0 amide bonds. The second-order valence-electron chi connectivity index (χ2n) is 15.0. The fourth-order valence-electron chi connectivity index (χ4n) is 5.21. The third kappa shape index (κ3) is 12.9. The Labute approximate surface area is 299 Å². The van der Waals surface area contributed by atoms with Crippen molar-refractivity contribution in [3.05, 3.63) is 0 Å². The monoisotopic (exact) mass is 734 g/mol. The van der Waals surface area contributed by atoms with E-state index >= 15 is 0 Å². The third-order valence-electron chi connectivity index (χ3n) is 7.86. The molecule has 2 aliphatic heterocycles. The molecule has 294 valence electrons. The molecule has 0 radical (unpaired) electrons. The zero-order valence-corrected chi connectivity index (χ0v) is 31.4. The number of carbonyl (C=O) groups is 5. The lowest BCUT2D eigenvalue weighted by Gasteiger charge is -2.45. The van der Waals surface area contributed by atoms with Crippen LogP contribution >= 0.6 is 0 Å². The molecular formula is C35H58O16. The van der Waals surface area contributed by atoms with Crippen molar-refractivity contribution in [2.75, 3.05) is 19.8 Å². The Kier molecular flexibility index (Phi) is 17.2. The zero-order valence-electron chi connectivity index (χ0n) is 31.4. The van der Waals surface area contributed by atoms with Crippen molar-refractivity contribution >= 4 is 29.8 Å². The van der Waals surface area contributed by atoms with Crippen molar-refractivity contribution in [2.24, 2.45) is 29.6 Å². The van der Waals surface area contributed by atoms with Crippen LogP contribution in [-0.4, -0.2) is 120 Å². The number of carbonyl (C=O) groups excluding carboxylic acids is 5. The number of aliphatic hydroxyl groups excluding tert-OH is 3. The van der Waals surface area contributed by atoms with E-state index < -0.39 is 116 Å². The highest BCUT2D eigenvalue weighted by atomic mass is 16.8. The Bertz CT molecular complexity index is 1170. The fraction of sp³-hybridized carbons (Fsp3) is 0.857. The SMILES string of the molecule is CC(C)CC(=O)OC[C@H]1O[C@@](COC(=O)C(C)C)(O[C@H]2O[C@H](CO)[C@@H](O)[C@H](O)[C@H]2OC(=O)CC(C)C)[C@@H](OC(=O)CC(C)C)[C@@H]1OC(=O)C(C)C. The van der Waals surface area contributed by atoms with Gasteiger partial charge in [0.15, 0.2) is 18.3 Å². The number of rotatable bonds is 18. The number of ether oxygens (including phenoxy) is 8. The average molecular weight is 735 g/mol. The van der Waals surface area contributed by atoms with Crippen LogP contribution in [0.4, 0.5) is 0 Å². The Morgan fingerprint density at radius 1 is 0.647 bits per heavy atom. The first-order valence-corrected chi connectivity index (χ1v) is 17.6. The van der Waals surface area contributed by atoms with Crippen LogP contribution in [0.2, 0.25) is 0 Å². The Balaban J connectivity index is 2.77. The van der Waals surface area contributed by atoms with E-state index in [4.69, 9.17) is 37.9 Å². The van der Waals surface area contributed by atoms with Crippen LogP contribution in [-0.2, 0) is 61.9 Å². The molecule has 2 aliphatic rings. The Hall–Kier alpha value is -2.89. The highest BCUT2D eigenvalue weighted by molar-refractivity contribution is 5.73. The van der Waals surface area contributed by atoms with Crippen LogP contribution in [0.3, 0.4) is 0 Å². The van der Waals surface area contributed by atoms with Crippen LogP contribution in [0.5, 0.6) is 0 Å². The molecule has 0 aliphatic carbocycles. The molecular weight excluding hydrogens is 676 g/mol. The van der Waals surface area contributed by atoms with E-state index in [0.717, 1.165) is 0 Å². The van der Waals surface area contributed by atoms with Crippen LogP contribution in [0.15, 0.2) is 0 Å². The summed E-state index contributed by atoms with van der Waals surface area (Å²) in [6, 6.07) is 0. The molecule has 0 saturated carbocycles. The van der Waals surface area contributed by atoms with Gasteiger partial charge in [-0.3, -0.25) is 24.0 Å². The van der Waals surface area contributed by atoms with Crippen molar-refractivity contribution in [1.29, 1.82) is 0 Å². The van der Waals surface area contributed by atoms with E-state index in [0.29, 0.717) is 0 Å². The predicted molar refractivity (Wildman–Crippen MR) is 176 cm³/mol. The number of hydrogen-bond acceptors (Lipinski definition) is 16. The Morgan fingerprint density at radius 3 is 1.69 bits per heavy atom. The molecule has 0 bridgehead atoms. The highest BCUT2D eigenvalue weighted by Crippen LogP contribution is 2.41. The second-order valence-corrected chi connectivity index (χ2v) is 15.0. The molecule has 0 spiro atoms. The molecule has 3 N–H and O–H groups in total. The maximum atomic E-state index is 13.3. The van der Waals surface area contributed by atoms with E-state index in [-0.39, 0.29) is 37.0 Å². The summed E-state index contributed by atoms with van der Waals surface area (Å²) in [7, 11) is 0. The molecule has 0 aromatic heterocycles. The van der Waals surface area contributed by atoms with Gasteiger partial charge in [0, 0.05) is 19.3 Å². The van der Waals surface area contributed by atoms with Crippen molar-refractivity contribution in [1.82, 2.24) is 0 Å². The van der Waals surface area contributed by atoms with Gasteiger partial charge in [-0.1, -0.05) is 69.2 Å². The summed E-state index contributed by atoms with van der Waals surface area (Å²) in [5, 5.41) is 31.8. The van der Waals surface area contributed by atoms with Crippen molar-refractivity contribution < 1.29 is 77.2 Å². The molecule has 9 atom stereocenters. The highest BCUT2D eigenvalue weighted by Gasteiger charge is 2.64. The largest absolute Gasteiger partial charge is 0.463 e. The molecule has 2 saturated heterocycles. The first-order valence-electron chi connectivity index (χ1n) is 17.6. The van der Waals surface area contributed by atoms with Crippen LogP contribution in [0.25, 0.3) is 0 Å². The molecule has 16 nitrogen and oxygen atoms in total. The summed E-state index contributed by atoms with van der Waals surface area (Å²) in [5.41, 5.74) is 0. The van der Waals surface area contributed by atoms with Gasteiger partial charge in [-0.15, -0.1) is 0 Å². The molecule has 0 unspecified atom stereocenters. The normalized spacial score (nSPS) is 29.5. The number of aliphatic hydroxyl groups is 3. The van der Waals surface area contributed by atoms with Gasteiger partial charge in [0.1, 0.15) is 37.6 Å². The van der Waals surface area contributed by atoms with Crippen molar-refractivity contribution in [2.45, 2.75) is 143 Å². The topological polar surface area (TPSA) is 220 Å². The summed E-state index contributed by atoms with van der Waals surface area (Å²) in [5.74, 6) is -7.80. The van der Waals surface area contributed by atoms with Gasteiger partial charge < -0.3 is 53.2 Å². The molecule has 16 heteroatoms. The summed E-state index contributed by atoms with van der Waals surface area (Å²) in [4.78, 5) is 64.8. The Morgan fingerprint density at radius 2 is 1.18 bits per heavy atom. The van der Waals surface area contributed by atoms with Gasteiger partial charge in [0.2, 0.25) is 12.1 Å². The standard InChI is InChI=1S/C35H58O16/c1-17(2)11-24(37)44-15-23-29(49-33(43)21(9)10)31(48-26(39)13-19(5)6)35(50-23,16-45-32(42)20(7)8)51-34-30(47-25(38)12-18(3)4)28(41)27(40)22(14-36)46-34/h17-23,27-31,34,36,40-41H,11-16H2,1-10H3/t22-,23-,27-,28+,29-,30-,31+,34-,35+/m1/s1. The van der Waals surface area contributed by atoms with Crippen molar-refractivity contribution in [3.63, 3.8) is 0 Å². The molecule has 0 aromatic rings. The van der Waals surface area contributed by atoms with Gasteiger partial charge in [-0.2, -0.15) is 0 Å². The van der Waals surface area contributed by atoms with E-state index in [1.54, 1.807) is 55.4 Å². The smallest absolute Gasteiger partial charge is 0.308 e. The van der Waals surface area contributed by atoms with E-state index in [1.807, 2.05) is 13.8 Å². The van der Waals surface area contributed by atoms with Gasteiger partial charge >= 0.3 is 29.8 Å². The van der Waals surface area contributed by atoms with Gasteiger partial charge in [-0.25, -0.2) is 0 Å². The summed E-state index contributed by atoms with van der Waals surface area (Å²) < 4.78 is 46.8. The first kappa shape index (κ1) is 44.3. The molecule has 2 fully saturated rings. The quantitative estimate of drug-likeness (QED) is 0.135. The first-order chi connectivity index (χ1) is 23.7. The minimum atomic E-state index is -2.43. The summed E-state index contributed by atoms with van der Waals surface area (Å²) in [6.45, 7) is 14.8. The van der Waals surface area contributed by atoms with Crippen molar-refractivity contribution in [3.8, 4) is 0 Å². The molecule has 0 aromatic carbocycles. The third-order valence-corrected chi connectivity index (χ3v) is 7.86. The van der Waals surface area contributed by atoms with E-state index in [2.05, 4.69) is 0 Å². The molecule has 2 heterocycles. The molecule has 2 rings (SSSR count). The average Bonchev–Trinajstić information content (AvgIpc) is 3.28. The van der Waals surface area contributed by atoms with Crippen LogP contribution in [0.1, 0.15) is 88.5 Å². The predicted octanol–water partition coefficient (Wildman–Crippen LogP) is 1.81. The summed E-state index contributed by atoms with van der Waals surface area (Å²) in [6.07, 6.45) is -13.4. The lowest BCUT2D eigenvalue weighted by molar-refractivity contribution is -0.384. The lowest BCUT2D eigenvalue weighted by Crippen LogP contribution is -2.64. The summed E-state index contributed by atoms with van der Waals surface area (Å²) >= 11 is 0. The van der Waals surface area contributed by atoms with Crippen LogP contribution in [0, 0.1) is 29.6 Å². The van der Waals surface area contributed by atoms with E-state index in [1.165, 1.54) is 0 Å². The van der Waals surface area contributed by atoms with Gasteiger partial charge in [0.25, 0.3) is 0 Å². The maximum Gasteiger partial charge on any atom is 0.308 e. The fourth-order valence-corrected chi connectivity index (χ4v) is 5.21. The zero-order chi connectivity index (χ0) is 38.8. The van der Waals surface area contributed by atoms with Gasteiger partial charge in [-0.05, 0) is 17.8 Å². The number of esters is 5. The van der Waals surface area contributed by atoms with Crippen LogP contribution < -0.4 is 0 Å². The van der Waals surface area contributed by atoms with Gasteiger partial charge in [0.05, 0.1) is 18.4 Å². The minimum Gasteiger partial charge on any atom is -0.463 e. The lowest BCUT2D eigenvalue weighted by atomic mass is 9.98. The minimum absolute atomic E-state index is 0.0473. The number of hydrogen-bond donors (Lipinski definition) is 3. The molecule has 51 heavy (non-hydrogen) atoms.